The van der Waals surface area contributed by atoms with Crippen LogP contribution in [0.15, 0.2) is 24.3 Å². The quantitative estimate of drug-likeness (QED) is 0.781. The number of fused-ring (bicyclic) bond motifs is 2. The molecule has 1 heterocycles. The zero-order valence-corrected chi connectivity index (χ0v) is 14.6. The van der Waals surface area contributed by atoms with Gasteiger partial charge in [-0.25, -0.2) is 4.79 Å². The van der Waals surface area contributed by atoms with E-state index >= 15 is 0 Å². The molecule has 3 rings (SSSR count). The van der Waals surface area contributed by atoms with Gasteiger partial charge in [-0.05, 0) is 36.8 Å². The standard InChI is InChI=1S/C19H21N3O4/c1-11-6-7-15-13(8-11)18(12-4-2-3-5-14(12)22-15)19(25)26-10-17(24)21-9-16(20)23/h2-5,11H,6-10H2,1H3,(H2,20,23)(H,21,24)/t11-/m1/s1. The molecule has 136 valence electrons. The van der Waals surface area contributed by atoms with Crippen LogP contribution in [0.25, 0.3) is 10.9 Å². The average Bonchev–Trinajstić information content (AvgIpc) is 2.62. The van der Waals surface area contributed by atoms with E-state index in [2.05, 4.69) is 12.2 Å². The van der Waals surface area contributed by atoms with E-state index < -0.39 is 24.4 Å². The second-order valence-electron chi connectivity index (χ2n) is 6.60. The fraction of sp³-hybridized carbons (Fsp3) is 0.368. The van der Waals surface area contributed by atoms with Gasteiger partial charge in [0.1, 0.15) is 0 Å². The largest absolute Gasteiger partial charge is 0.452 e. The maximum absolute atomic E-state index is 12.8. The van der Waals surface area contributed by atoms with E-state index in [9.17, 15) is 14.4 Å². The van der Waals surface area contributed by atoms with Gasteiger partial charge in [-0.3, -0.25) is 14.6 Å². The smallest absolute Gasteiger partial charge is 0.339 e. The summed E-state index contributed by atoms with van der Waals surface area (Å²) in [7, 11) is 0. The number of nitrogens with two attached hydrogens (primary N) is 1. The lowest BCUT2D eigenvalue weighted by Gasteiger charge is -2.24. The molecule has 1 aromatic carbocycles. The number of rotatable bonds is 5. The Balaban J connectivity index is 1.88. The van der Waals surface area contributed by atoms with Crippen LogP contribution in [-0.4, -0.2) is 35.9 Å². The number of hydrogen-bond acceptors (Lipinski definition) is 5. The van der Waals surface area contributed by atoms with E-state index in [4.69, 9.17) is 15.5 Å². The Morgan fingerprint density at radius 2 is 2.08 bits per heavy atom. The number of pyridine rings is 1. The van der Waals surface area contributed by atoms with Crippen LogP contribution in [-0.2, 0) is 27.2 Å². The van der Waals surface area contributed by atoms with Gasteiger partial charge in [0.25, 0.3) is 5.91 Å². The minimum atomic E-state index is -0.659. The van der Waals surface area contributed by atoms with E-state index in [1.165, 1.54) is 0 Å². The highest BCUT2D eigenvalue weighted by molar-refractivity contribution is 6.05. The molecule has 1 aliphatic rings. The lowest BCUT2D eigenvalue weighted by atomic mass is 9.84. The molecule has 0 aliphatic heterocycles. The van der Waals surface area contributed by atoms with E-state index in [0.717, 1.165) is 41.4 Å². The Kier molecular flexibility index (Phi) is 5.16. The topological polar surface area (TPSA) is 111 Å². The number of esters is 1. The van der Waals surface area contributed by atoms with Crippen molar-refractivity contribution in [1.82, 2.24) is 10.3 Å². The van der Waals surface area contributed by atoms with Crippen LogP contribution < -0.4 is 11.1 Å². The maximum Gasteiger partial charge on any atom is 0.339 e. The van der Waals surface area contributed by atoms with Crippen LogP contribution in [0.5, 0.6) is 0 Å². The van der Waals surface area contributed by atoms with Crippen molar-refractivity contribution < 1.29 is 19.1 Å². The highest BCUT2D eigenvalue weighted by atomic mass is 16.5. The number of aromatic nitrogens is 1. The first-order chi connectivity index (χ1) is 12.5. The number of carbonyl (C=O) groups excluding carboxylic acids is 3. The maximum atomic E-state index is 12.8. The van der Waals surface area contributed by atoms with Gasteiger partial charge in [-0.1, -0.05) is 25.1 Å². The van der Waals surface area contributed by atoms with Crippen molar-refractivity contribution in [2.45, 2.75) is 26.2 Å². The SMILES string of the molecule is C[C@@H]1CCc2nc3ccccc3c(C(=O)OCC(=O)NCC(N)=O)c2C1. The Morgan fingerprint density at radius 3 is 2.85 bits per heavy atom. The summed E-state index contributed by atoms with van der Waals surface area (Å²) in [6, 6.07) is 7.42. The van der Waals surface area contributed by atoms with Crippen molar-refractivity contribution in [2.75, 3.05) is 13.2 Å². The molecule has 7 heteroatoms. The summed E-state index contributed by atoms with van der Waals surface area (Å²) in [5.74, 6) is -1.33. The number of amides is 2. The summed E-state index contributed by atoms with van der Waals surface area (Å²) in [5, 5.41) is 3.02. The summed E-state index contributed by atoms with van der Waals surface area (Å²) < 4.78 is 5.20. The van der Waals surface area contributed by atoms with E-state index in [0.29, 0.717) is 11.5 Å². The first kappa shape index (κ1) is 17.8. The van der Waals surface area contributed by atoms with Crippen molar-refractivity contribution in [3.05, 3.63) is 41.1 Å². The van der Waals surface area contributed by atoms with Crippen molar-refractivity contribution >= 4 is 28.7 Å². The third kappa shape index (κ3) is 3.82. The predicted octanol–water partition coefficient (Wildman–Crippen LogP) is 1.12. The van der Waals surface area contributed by atoms with Gasteiger partial charge >= 0.3 is 5.97 Å². The molecule has 1 aromatic heterocycles. The number of aryl methyl sites for hydroxylation is 1. The molecule has 1 aliphatic carbocycles. The Labute approximate surface area is 150 Å². The van der Waals surface area contributed by atoms with E-state index in [-0.39, 0.29) is 6.54 Å². The van der Waals surface area contributed by atoms with Gasteiger partial charge in [-0.15, -0.1) is 0 Å². The van der Waals surface area contributed by atoms with Crippen LogP contribution >= 0.6 is 0 Å². The highest BCUT2D eigenvalue weighted by Gasteiger charge is 2.26. The molecule has 0 radical (unpaired) electrons. The van der Waals surface area contributed by atoms with Crippen molar-refractivity contribution in [3.8, 4) is 0 Å². The number of primary amides is 1. The van der Waals surface area contributed by atoms with Gasteiger partial charge in [0.05, 0.1) is 17.6 Å². The molecule has 7 nitrogen and oxygen atoms in total. The van der Waals surface area contributed by atoms with Gasteiger partial charge in [0.15, 0.2) is 6.61 Å². The van der Waals surface area contributed by atoms with Crippen LogP contribution in [0.2, 0.25) is 0 Å². The fourth-order valence-corrected chi connectivity index (χ4v) is 3.24. The number of para-hydroxylation sites is 1. The van der Waals surface area contributed by atoms with Crippen LogP contribution in [0.3, 0.4) is 0 Å². The van der Waals surface area contributed by atoms with E-state index in [1.807, 2.05) is 24.3 Å². The molecule has 0 saturated carbocycles. The monoisotopic (exact) mass is 355 g/mol. The summed E-state index contributed by atoms with van der Waals surface area (Å²) >= 11 is 0. The van der Waals surface area contributed by atoms with Gasteiger partial charge in [0, 0.05) is 11.1 Å². The number of nitrogens with zero attached hydrogens (tertiary/aromatic N) is 1. The van der Waals surface area contributed by atoms with Crippen molar-refractivity contribution in [3.63, 3.8) is 0 Å². The minimum Gasteiger partial charge on any atom is -0.452 e. The summed E-state index contributed by atoms with van der Waals surface area (Å²) in [5.41, 5.74) is 8.03. The van der Waals surface area contributed by atoms with E-state index in [1.54, 1.807) is 0 Å². The molecule has 0 saturated heterocycles. The molecule has 1 atom stereocenters. The first-order valence-corrected chi connectivity index (χ1v) is 8.58. The summed E-state index contributed by atoms with van der Waals surface area (Å²) in [6.45, 7) is 1.39. The summed E-state index contributed by atoms with van der Waals surface area (Å²) in [4.78, 5) is 39.8. The zero-order chi connectivity index (χ0) is 18.7. The van der Waals surface area contributed by atoms with Crippen LogP contribution in [0.1, 0.15) is 35.0 Å². The van der Waals surface area contributed by atoms with Crippen LogP contribution in [0.4, 0.5) is 0 Å². The average molecular weight is 355 g/mol. The lowest BCUT2D eigenvalue weighted by molar-refractivity contribution is -0.127. The number of hydrogen-bond donors (Lipinski definition) is 2. The third-order valence-corrected chi connectivity index (χ3v) is 4.50. The molecule has 26 heavy (non-hydrogen) atoms. The first-order valence-electron chi connectivity index (χ1n) is 8.58. The molecular formula is C19H21N3O4. The lowest BCUT2D eigenvalue weighted by Crippen LogP contribution is -2.36. The molecule has 2 aromatic rings. The molecular weight excluding hydrogens is 334 g/mol. The summed E-state index contributed by atoms with van der Waals surface area (Å²) in [6.07, 6.45) is 2.61. The molecule has 3 N–H and O–H groups in total. The molecule has 0 unspecified atom stereocenters. The molecule has 0 spiro atoms. The van der Waals surface area contributed by atoms with Gasteiger partial charge in [0.2, 0.25) is 5.91 Å². The molecule has 0 fully saturated rings. The second-order valence-corrected chi connectivity index (χ2v) is 6.60. The predicted molar refractivity (Wildman–Crippen MR) is 95.4 cm³/mol. The number of benzene rings is 1. The van der Waals surface area contributed by atoms with Crippen molar-refractivity contribution in [2.24, 2.45) is 11.7 Å². The molecule has 2 amide bonds. The van der Waals surface area contributed by atoms with Crippen LogP contribution in [0, 0.1) is 5.92 Å². The zero-order valence-electron chi connectivity index (χ0n) is 14.6. The number of carbonyl (C=O) groups is 3. The Hall–Kier alpha value is -2.96. The highest BCUT2D eigenvalue weighted by Crippen LogP contribution is 2.31. The molecule has 0 bridgehead atoms. The van der Waals surface area contributed by atoms with Gasteiger partial charge in [-0.2, -0.15) is 0 Å². The van der Waals surface area contributed by atoms with Gasteiger partial charge < -0.3 is 15.8 Å². The number of nitrogens with one attached hydrogen (secondary N) is 1. The Bertz CT molecular complexity index is 878. The Morgan fingerprint density at radius 1 is 1.31 bits per heavy atom. The second kappa shape index (κ2) is 7.51. The normalized spacial score (nSPS) is 16.0. The number of ether oxygens (including phenoxy) is 1. The third-order valence-electron chi connectivity index (χ3n) is 4.50. The fourth-order valence-electron chi connectivity index (χ4n) is 3.24. The van der Waals surface area contributed by atoms with Crippen molar-refractivity contribution in [1.29, 1.82) is 0 Å². The minimum absolute atomic E-state index is 0.290.